The summed E-state index contributed by atoms with van der Waals surface area (Å²) in [6, 6.07) is 6.97. The highest BCUT2D eigenvalue weighted by molar-refractivity contribution is 7.15. The number of hydrogen-bond acceptors (Lipinski definition) is 6. The van der Waals surface area contributed by atoms with Gasteiger partial charge in [-0.1, -0.05) is 26.8 Å². The highest BCUT2D eigenvalue weighted by Gasteiger charge is 2.54. The van der Waals surface area contributed by atoms with E-state index in [4.69, 9.17) is 9.72 Å². The molecule has 0 saturated heterocycles. The van der Waals surface area contributed by atoms with Gasteiger partial charge in [0.1, 0.15) is 5.75 Å². The number of amides is 2. The molecule has 6 atom stereocenters. The number of carbonyl (C=O) groups excluding carboxylic acids is 2. The minimum atomic E-state index is -0.595. The third-order valence-electron chi connectivity index (χ3n) is 8.31. The van der Waals surface area contributed by atoms with E-state index in [9.17, 15) is 14.7 Å². The molecule has 1 fully saturated rings. The summed E-state index contributed by atoms with van der Waals surface area (Å²) >= 11 is 1.53. The molecule has 1 heterocycles. The van der Waals surface area contributed by atoms with Crippen molar-refractivity contribution < 1.29 is 19.4 Å². The van der Waals surface area contributed by atoms with Crippen molar-refractivity contribution in [2.45, 2.75) is 52.1 Å². The van der Waals surface area contributed by atoms with E-state index in [1.807, 2.05) is 6.92 Å². The van der Waals surface area contributed by atoms with Gasteiger partial charge in [-0.15, -0.1) is 17.9 Å². The first kappa shape index (κ1) is 26.4. The first-order chi connectivity index (χ1) is 17.1. The summed E-state index contributed by atoms with van der Waals surface area (Å²) in [5, 5.41) is 15.1. The molecule has 1 saturated carbocycles. The van der Waals surface area contributed by atoms with E-state index < -0.39 is 6.10 Å². The molecule has 1 aromatic carbocycles. The lowest BCUT2D eigenvalue weighted by molar-refractivity contribution is -0.143. The fourth-order valence-electron chi connectivity index (χ4n) is 6.33. The van der Waals surface area contributed by atoms with Gasteiger partial charge in [-0.2, -0.15) is 0 Å². The Kier molecular flexibility index (Phi) is 7.57. The molecule has 2 aliphatic carbocycles. The van der Waals surface area contributed by atoms with Gasteiger partial charge >= 0.3 is 0 Å². The average Bonchev–Trinajstić information content (AvgIpc) is 3.25. The predicted octanol–water partition coefficient (Wildman–Crippen LogP) is 4.74. The number of thiazole rings is 1. The summed E-state index contributed by atoms with van der Waals surface area (Å²) in [7, 11) is 3.37. The maximum Gasteiger partial charge on any atom is 0.257 e. The number of likely N-dealkylation sites (N-methyl/N-ethyl adjacent to an activating group) is 1. The van der Waals surface area contributed by atoms with Gasteiger partial charge in [0.15, 0.2) is 5.13 Å². The van der Waals surface area contributed by atoms with Gasteiger partial charge in [0.2, 0.25) is 5.91 Å². The van der Waals surface area contributed by atoms with Crippen molar-refractivity contribution in [2.75, 3.05) is 26.0 Å². The number of nitrogens with zero attached hydrogens (tertiary/aromatic N) is 2. The van der Waals surface area contributed by atoms with Crippen molar-refractivity contribution in [3.63, 3.8) is 0 Å². The Bertz CT molecular complexity index is 1130. The van der Waals surface area contributed by atoms with Crippen LogP contribution in [-0.2, 0) is 11.2 Å². The molecule has 0 aliphatic heterocycles. The van der Waals surface area contributed by atoms with Crippen molar-refractivity contribution in [2.24, 2.45) is 23.2 Å². The molecule has 194 valence electrons. The first-order valence-electron chi connectivity index (χ1n) is 12.6. The zero-order valence-electron chi connectivity index (χ0n) is 21.8. The molecule has 0 bridgehead atoms. The smallest absolute Gasteiger partial charge is 0.257 e. The molecule has 1 aromatic heterocycles. The van der Waals surface area contributed by atoms with Gasteiger partial charge in [-0.3, -0.25) is 14.9 Å². The Balaban J connectivity index is 1.53. The van der Waals surface area contributed by atoms with Gasteiger partial charge in [-0.25, -0.2) is 4.98 Å². The Morgan fingerprint density at radius 3 is 2.72 bits per heavy atom. The van der Waals surface area contributed by atoms with E-state index in [0.717, 1.165) is 25.0 Å². The highest BCUT2D eigenvalue weighted by Crippen LogP contribution is 2.57. The summed E-state index contributed by atoms with van der Waals surface area (Å²) in [6.45, 7) is 10.5. The number of fused-ring (bicyclic) bond motifs is 2. The lowest BCUT2D eigenvalue weighted by Crippen LogP contribution is -2.53. The maximum absolute atomic E-state index is 13.0. The largest absolute Gasteiger partial charge is 0.497 e. The van der Waals surface area contributed by atoms with Crippen molar-refractivity contribution in [1.29, 1.82) is 0 Å². The number of ether oxygens (including phenoxy) is 1. The van der Waals surface area contributed by atoms with Crippen molar-refractivity contribution in [3.8, 4) is 5.75 Å². The molecular weight excluding hydrogens is 474 g/mol. The zero-order chi connectivity index (χ0) is 26.2. The second-order valence-corrected chi connectivity index (χ2v) is 11.7. The van der Waals surface area contributed by atoms with Crippen LogP contribution in [0.4, 0.5) is 5.13 Å². The van der Waals surface area contributed by atoms with E-state index in [1.54, 1.807) is 49.4 Å². The van der Waals surface area contributed by atoms with E-state index in [-0.39, 0.29) is 40.9 Å². The number of benzene rings is 1. The first-order valence-corrected chi connectivity index (χ1v) is 13.4. The van der Waals surface area contributed by atoms with Crippen LogP contribution in [-0.4, -0.2) is 53.6 Å². The summed E-state index contributed by atoms with van der Waals surface area (Å²) in [5.41, 5.74) is 1.41. The van der Waals surface area contributed by atoms with Crippen molar-refractivity contribution >= 4 is 28.3 Å². The molecule has 2 amide bonds. The van der Waals surface area contributed by atoms with Crippen LogP contribution in [0.3, 0.4) is 0 Å². The van der Waals surface area contributed by atoms with Crippen molar-refractivity contribution in [3.05, 3.63) is 53.1 Å². The number of anilines is 1. The second kappa shape index (κ2) is 10.3. The molecule has 4 rings (SSSR count). The summed E-state index contributed by atoms with van der Waals surface area (Å²) in [4.78, 5) is 33.4. The van der Waals surface area contributed by atoms with E-state index in [1.165, 1.54) is 16.2 Å². The van der Waals surface area contributed by atoms with Gasteiger partial charge in [0.05, 0.1) is 18.9 Å². The molecule has 6 unspecified atom stereocenters. The summed E-state index contributed by atoms with van der Waals surface area (Å²) in [5.74, 6) is 0.183. The minimum Gasteiger partial charge on any atom is -0.497 e. The van der Waals surface area contributed by atoms with Crippen LogP contribution in [0.1, 0.15) is 60.5 Å². The van der Waals surface area contributed by atoms with Crippen LogP contribution < -0.4 is 10.1 Å². The number of aliphatic hydroxyl groups excluding tert-OH is 1. The fourth-order valence-corrected chi connectivity index (χ4v) is 7.59. The van der Waals surface area contributed by atoms with E-state index >= 15 is 0 Å². The SMILES string of the molecule is C=CCN(C)C(=O)C(C)C1CCC2(C)Cc3sc(NC(=O)c4ccc(OC)cc4)nc3C(C)C2C1O. The second-order valence-electron chi connectivity index (χ2n) is 10.6. The standard InChI is InChI=1S/C28H37N3O4S/c1-7-14-31(5)26(34)16(2)20-12-13-28(4)15-21-23(17(3)22(28)24(20)32)29-27(36-21)30-25(33)18-8-10-19(35-6)11-9-18/h7-11,16-17,20,22,24,32H,1,12-15H2,2-6H3,(H,29,30,33). The highest BCUT2D eigenvalue weighted by atomic mass is 32.1. The van der Waals surface area contributed by atoms with Crippen LogP contribution in [0, 0.1) is 23.2 Å². The van der Waals surface area contributed by atoms with Gasteiger partial charge < -0.3 is 14.7 Å². The van der Waals surface area contributed by atoms with Crippen LogP contribution in [0.2, 0.25) is 0 Å². The average molecular weight is 512 g/mol. The number of aliphatic hydroxyl groups is 1. The third kappa shape index (κ3) is 4.81. The number of nitrogens with one attached hydrogen (secondary N) is 1. The van der Waals surface area contributed by atoms with Gasteiger partial charge in [-0.05, 0) is 60.8 Å². The van der Waals surface area contributed by atoms with Gasteiger partial charge in [0.25, 0.3) is 5.91 Å². The topological polar surface area (TPSA) is 91.8 Å². The fraction of sp³-hybridized carbons (Fsp3) is 0.536. The molecule has 0 spiro atoms. The van der Waals surface area contributed by atoms with Crippen LogP contribution >= 0.6 is 11.3 Å². The molecule has 36 heavy (non-hydrogen) atoms. The summed E-state index contributed by atoms with van der Waals surface area (Å²) < 4.78 is 5.17. The number of aromatic nitrogens is 1. The molecule has 8 heteroatoms. The Morgan fingerprint density at radius 2 is 2.08 bits per heavy atom. The monoisotopic (exact) mass is 511 g/mol. The Hall–Kier alpha value is -2.71. The normalized spacial score (nSPS) is 27.8. The molecule has 2 aromatic rings. The lowest BCUT2D eigenvalue weighted by atomic mass is 9.53. The lowest BCUT2D eigenvalue weighted by Gasteiger charge is -2.53. The molecule has 2 aliphatic rings. The number of hydrogen-bond donors (Lipinski definition) is 2. The van der Waals surface area contributed by atoms with Crippen LogP contribution in [0.5, 0.6) is 5.75 Å². The van der Waals surface area contributed by atoms with Crippen LogP contribution in [0.25, 0.3) is 0 Å². The quantitative estimate of drug-likeness (QED) is 0.524. The minimum absolute atomic E-state index is 0.00375. The molecular formula is C28H37N3O4S. The zero-order valence-corrected chi connectivity index (χ0v) is 22.6. The van der Waals surface area contributed by atoms with E-state index in [2.05, 4.69) is 25.7 Å². The van der Waals surface area contributed by atoms with Gasteiger partial charge in [0, 0.05) is 35.9 Å². The molecule has 7 nitrogen and oxygen atoms in total. The predicted molar refractivity (Wildman–Crippen MR) is 143 cm³/mol. The van der Waals surface area contributed by atoms with E-state index in [0.29, 0.717) is 23.0 Å². The Labute approximate surface area is 217 Å². The Morgan fingerprint density at radius 1 is 1.39 bits per heavy atom. The summed E-state index contributed by atoms with van der Waals surface area (Å²) in [6.07, 6.45) is 3.69. The van der Waals surface area contributed by atoms with Crippen LogP contribution in [0.15, 0.2) is 36.9 Å². The molecule has 2 N–H and O–H groups in total. The molecule has 0 radical (unpaired) electrons. The number of rotatable bonds is 7. The van der Waals surface area contributed by atoms with Crippen molar-refractivity contribution in [1.82, 2.24) is 9.88 Å². The third-order valence-corrected chi connectivity index (χ3v) is 9.29. The maximum atomic E-state index is 13.0. The number of methoxy groups -OCH3 is 1. The number of carbonyl (C=O) groups is 2.